The highest BCUT2D eigenvalue weighted by Gasteiger charge is 2.18. The van der Waals surface area contributed by atoms with Gasteiger partial charge in [0.1, 0.15) is 17.0 Å². The highest BCUT2D eigenvalue weighted by Crippen LogP contribution is 2.34. The average Bonchev–Trinajstić information content (AvgIpc) is 2.80. The first-order valence-electron chi connectivity index (χ1n) is 9.74. The van der Waals surface area contributed by atoms with Gasteiger partial charge in [0.25, 0.3) is 5.56 Å². The first-order valence-corrected chi connectivity index (χ1v) is 9.74. The Bertz CT molecular complexity index is 1300. The van der Waals surface area contributed by atoms with E-state index in [4.69, 9.17) is 9.47 Å². The Kier molecular flexibility index (Phi) is 5.48. The van der Waals surface area contributed by atoms with Gasteiger partial charge >= 0.3 is 0 Å². The molecule has 0 unspecified atom stereocenters. The molecule has 0 radical (unpaired) electrons. The van der Waals surface area contributed by atoms with Crippen molar-refractivity contribution in [2.45, 2.75) is 20.4 Å². The summed E-state index contributed by atoms with van der Waals surface area (Å²) in [4.78, 5) is 21.9. The monoisotopic (exact) mass is 418 g/mol. The minimum Gasteiger partial charge on any atom is -0.497 e. The summed E-state index contributed by atoms with van der Waals surface area (Å²) in [5.41, 5.74) is 3.59. The van der Waals surface area contributed by atoms with Crippen LogP contribution in [0.25, 0.3) is 22.3 Å². The molecule has 0 atom stereocenters. The molecule has 0 spiro atoms. The number of methoxy groups -OCH3 is 2. The fraction of sp³-hybridized carbons (Fsp3) is 0.227. The maximum atomic E-state index is 13.4. The SMILES string of the molecule is CCn1c(=O)c(-c2cc(OC)cc(OC)c2C)cc2nnc(Nc3ccncc3)nc21. The van der Waals surface area contributed by atoms with Crippen LogP contribution < -0.4 is 20.3 Å². The smallest absolute Gasteiger partial charge is 0.260 e. The molecule has 0 fully saturated rings. The molecule has 9 nitrogen and oxygen atoms in total. The lowest BCUT2D eigenvalue weighted by Crippen LogP contribution is -2.23. The third-order valence-electron chi connectivity index (χ3n) is 5.04. The van der Waals surface area contributed by atoms with Gasteiger partial charge in [0.15, 0.2) is 5.65 Å². The number of hydrogen-bond acceptors (Lipinski definition) is 8. The zero-order valence-electron chi connectivity index (χ0n) is 17.7. The van der Waals surface area contributed by atoms with Crippen molar-refractivity contribution >= 4 is 22.8 Å². The molecule has 0 saturated heterocycles. The largest absolute Gasteiger partial charge is 0.497 e. The van der Waals surface area contributed by atoms with Crippen LogP contribution in [0.1, 0.15) is 12.5 Å². The topological polar surface area (TPSA) is 104 Å². The Morgan fingerprint density at radius 2 is 1.81 bits per heavy atom. The first kappa shape index (κ1) is 20.3. The summed E-state index contributed by atoms with van der Waals surface area (Å²) in [6, 6.07) is 8.91. The van der Waals surface area contributed by atoms with E-state index in [1.54, 1.807) is 55.4 Å². The molecule has 31 heavy (non-hydrogen) atoms. The summed E-state index contributed by atoms with van der Waals surface area (Å²) in [6.45, 7) is 4.22. The summed E-state index contributed by atoms with van der Waals surface area (Å²) >= 11 is 0. The maximum absolute atomic E-state index is 13.4. The molecule has 3 heterocycles. The predicted molar refractivity (Wildman–Crippen MR) is 118 cm³/mol. The lowest BCUT2D eigenvalue weighted by Gasteiger charge is -2.15. The summed E-state index contributed by atoms with van der Waals surface area (Å²) < 4.78 is 12.4. The number of aryl methyl sites for hydroxylation is 1. The molecular formula is C22H22N6O3. The molecule has 0 aliphatic heterocycles. The summed E-state index contributed by atoms with van der Waals surface area (Å²) in [5, 5.41) is 11.6. The summed E-state index contributed by atoms with van der Waals surface area (Å²) in [6.07, 6.45) is 3.32. The number of hydrogen-bond donors (Lipinski definition) is 1. The molecule has 3 aromatic heterocycles. The Morgan fingerprint density at radius 1 is 1.03 bits per heavy atom. The van der Waals surface area contributed by atoms with E-state index in [1.807, 2.05) is 19.9 Å². The molecule has 0 aliphatic rings. The lowest BCUT2D eigenvalue weighted by molar-refractivity contribution is 0.392. The molecule has 0 amide bonds. The molecule has 0 aliphatic carbocycles. The molecule has 1 N–H and O–H groups in total. The van der Waals surface area contributed by atoms with E-state index < -0.39 is 0 Å². The Morgan fingerprint density at radius 3 is 2.48 bits per heavy atom. The second-order valence-electron chi connectivity index (χ2n) is 6.81. The number of nitrogens with one attached hydrogen (secondary N) is 1. The van der Waals surface area contributed by atoms with E-state index in [0.717, 1.165) is 11.3 Å². The van der Waals surface area contributed by atoms with Crippen LogP contribution in [-0.2, 0) is 6.54 Å². The number of pyridine rings is 2. The van der Waals surface area contributed by atoms with E-state index in [-0.39, 0.29) is 5.56 Å². The molecule has 9 heteroatoms. The van der Waals surface area contributed by atoms with E-state index >= 15 is 0 Å². The number of aromatic nitrogens is 5. The number of benzene rings is 1. The fourth-order valence-electron chi connectivity index (χ4n) is 3.43. The minimum atomic E-state index is -0.177. The fourth-order valence-corrected chi connectivity index (χ4v) is 3.43. The van der Waals surface area contributed by atoms with Crippen molar-refractivity contribution in [1.29, 1.82) is 0 Å². The lowest BCUT2D eigenvalue weighted by atomic mass is 10.00. The van der Waals surface area contributed by atoms with E-state index in [1.165, 1.54) is 0 Å². The third-order valence-corrected chi connectivity index (χ3v) is 5.04. The Labute approximate surface area is 178 Å². The minimum absolute atomic E-state index is 0.177. The normalized spacial score (nSPS) is 10.8. The Hall–Kier alpha value is -4.01. The zero-order valence-corrected chi connectivity index (χ0v) is 17.7. The highest BCUT2D eigenvalue weighted by atomic mass is 16.5. The van der Waals surface area contributed by atoms with E-state index in [0.29, 0.717) is 46.3 Å². The van der Waals surface area contributed by atoms with Crippen molar-refractivity contribution < 1.29 is 9.47 Å². The van der Waals surface area contributed by atoms with Gasteiger partial charge in [0, 0.05) is 30.7 Å². The summed E-state index contributed by atoms with van der Waals surface area (Å²) in [7, 11) is 3.16. The van der Waals surface area contributed by atoms with Gasteiger partial charge in [0.05, 0.1) is 19.8 Å². The van der Waals surface area contributed by atoms with Crippen LogP contribution in [0.15, 0.2) is 47.5 Å². The second-order valence-corrected chi connectivity index (χ2v) is 6.81. The van der Waals surface area contributed by atoms with Crippen molar-refractivity contribution in [3.8, 4) is 22.6 Å². The third kappa shape index (κ3) is 3.77. The predicted octanol–water partition coefficient (Wildman–Crippen LogP) is 3.34. The van der Waals surface area contributed by atoms with Crippen molar-refractivity contribution in [3.05, 3.63) is 58.6 Å². The van der Waals surface area contributed by atoms with E-state index in [9.17, 15) is 4.79 Å². The van der Waals surface area contributed by atoms with Crippen LogP contribution in [0.4, 0.5) is 11.6 Å². The second kappa shape index (κ2) is 8.39. The molecule has 0 saturated carbocycles. The molecule has 158 valence electrons. The number of anilines is 2. The number of rotatable bonds is 6. The van der Waals surface area contributed by atoms with Gasteiger partial charge in [-0.15, -0.1) is 10.2 Å². The quantitative estimate of drug-likeness (QED) is 0.508. The van der Waals surface area contributed by atoms with Gasteiger partial charge in [-0.25, -0.2) is 0 Å². The van der Waals surface area contributed by atoms with Gasteiger partial charge in [0.2, 0.25) is 5.95 Å². The standard InChI is InChI=1S/C22H22N6O3/c1-5-28-20-18(26-27-22(25-20)24-14-6-8-23-9-7-14)12-17(21(28)29)16-10-15(30-3)11-19(31-4)13(16)2/h6-12H,5H2,1-4H3,(H,23,24,25,27). The molecule has 4 rings (SSSR count). The van der Waals surface area contributed by atoms with Crippen molar-refractivity contribution in [2.24, 2.45) is 0 Å². The van der Waals surface area contributed by atoms with Gasteiger partial charge in [-0.3, -0.25) is 14.3 Å². The van der Waals surface area contributed by atoms with Crippen molar-refractivity contribution in [1.82, 2.24) is 24.7 Å². The molecule has 0 bridgehead atoms. The molecular weight excluding hydrogens is 396 g/mol. The zero-order chi connectivity index (χ0) is 22.0. The van der Waals surface area contributed by atoms with Gasteiger partial charge in [-0.05, 0) is 49.2 Å². The number of nitrogens with zero attached hydrogens (tertiary/aromatic N) is 5. The van der Waals surface area contributed by atoms with Crippen LogP contribution in [-0.4, -0.2) is 39.0 Å². The highest BCUT2D eigenvalue weighted by molar-refractivity contribution is 5.81. The van der Waals surface area contributed by atoms with Crippen LogP contribution in [0.2, 0.25) is 0 Å². The van der Waals surface area contributed by atoms with Crippen molar-refractivity contribution in [2.75, 3.05) is 19.5 Å². The van der Waals surface area contributed by atoms with Crippen LogP contribution in [0.5, 0.6) is 11.5 Å². The van der Waals surface area contributed by atoms with Crippen LogP contribution >= 0.6 is 0 Å². The van der Waals surface area contributed by atoms with Crippen LogP contribution in [0.3, 0.4) is 0 Å². The van der Waals surface area contributed by atoms with Gasteiger partial charge < -0.3 is 14.8 Å². The molecule has 1 aromatic carbocycles. The Balaban J connectivity index is 1.89. The summed E-state index contributed by atoms with van der Waals surface area (Å²) in [5.74, 6) is 1.53. The number of ether oxygens (including phenoxy) is 2. The average molecular weight is 418 g/mol. The first-order chi connectivity index (χ1) is 15.0. The van der Waals surface area contributed by atoms with Crippen LogP contribution in [0, 0.1) is 6.92 Å². The molecule has 4 aromatic rings. The van der Waals surface area contributed by atoms with Gasteiger partial charge in [-0.2, -0.15) is 4.98 Å². The van der Waals surface area contributed by atoms with Gasteiger partial charge in [-0.1, -0.05) is 0 Å². The van der Waals surface area contributed by atoms with E-state index in [2.05, 4.69) is 25.5 Å². The number of fused-ring (bicyclic) bond motifs is 1. The maximum Gasteiger partial charge on any atom is 0.260 e. The van der Waals surface area contributed by atoms with Crippen molar-refractivity contribution in [3.63, 3.8) is 0 Å².